The highest BCUT2D eigenvalue weighted by molar-refractivity contribution is 6.31. The number of ether oxygens (including phenoxy) is 2. The third-order valence-corrected chi connectivity index (χ3v) is 5.85. The van der Waals surface area contributed by atoms with E-state index in [4.69, 9.17) is 21.1 Å². The van der Waals surface area contributed by atoms with Crippen LogP contribution in [0.15, 0.2) is 18.2 Å². The van der Waals surface area contributed by atoms with Gasteiger partial charge in [0.2, 0.25) is 11.8 Å². The Hall–Kier alpha value is -2.32. The summed E-state index contributed by atoms with van der Waals surface area (Å²) in [6.07, 6.45) is 3.70. The van der Waals surface area contributed by atoms with Gasteiger partial charge in [0.1, 0.15) is 5.75 Å². The molecule has 30 heavy (non-hydrogen) atoms. The molecule has 1 aromatic carbocycles. The third-order valence-electron chi connectivity index (χ3n) is 5.62. The SMILES string of the molecule is CCOC(=O)CN1C(CC(=O)Nc2cc(Cl)ccc2OC)C(=O)NC2CCCCC21. The molecule has 1 saturated carbocycles. The Balaban J connectivity index is 1.77. The van der Waals surface area contributed by atoms with E-state index in [2.05, 4.69) is 10.6 Å². The zero-order valence-corrected chi connectivity index (χ0v) is 18.0. The number of halogens is 1. The van der Waals surface area contributed by atoms with Gasteiger partial charge in [-0.25, -0.2) is 0 Å². The molecule has 1 aromatic rings. The number of methoxy groups -OCH3 is 1. The van der Waals surface area contributed by atoms with Crippen LogP contribution in [-0.4, -0.2) is 61.1 Å². The Labute approximate surface area is 181 Å². The fraction of sp³-hybridized carbons (Fsp3) is 0.571. The number of hydrogen-bond acceptors (Lipinski definition) is 6. The van der Waals surface area contributed by atoms with Crippen molar-refractivity contribution in [2.24, 2.45) is 0 Å². The number of nitrogens with one attached hydrogen (secondary N) is 2. The van der Waals surface area contributed by atoms with Crippen molar-refractivity contribution >= 4 is 35.1 Å². The Morgan fingerprint density at radius 1 is 1.30 bits per heavy atom. The number of benzene rings is 1. The van der Waals surface area contributed by atoms with Crippen LogP contribution in [0.3, 0.4) is 0 Å². The van der Waals surface area contributed by atoms with Gasteiger partial charge in [-0.2, -0.15) is 0 Å². The number of fused-ring (bicyclic) bond motifs is 1. The molecule has 0 bridgehead atoms. The number of amides is 2. The lowest BCUT2D eigenvalue weighted by Crippen LogP contribution is -2.67. The van der Waals surface area contributed by atoms with Gasteiger partial charge in [0.05, 0.1) is 38.4 Å². The number of anilines is 1. The number of carbonyl (C=O) groups excluding carboxylic acids is 3. The van der Waals surface area contributed by atoms with Crippen LogP contribution in [0.25, 0.3) is 0 Å². The van der Waals surface area contributed by atoms with E-state index < -0.39 is 12.0 Å². The summed E-state index contributed by atoms with van der Waals surface area (Å²) in [5.41, 5.74) is 0.429. The van der Waals surface area contributed by atoms with Gasteiger partial charge in [-0.15, -0.1) is 0 Å². The first kappa shape index (κ1) is 22.4. The van der Waals surface area contributed by atoms with Gasteiger partial charge in [0.15, 0.2) is 0 Å². The number of rotatable bonds is 7. The average Bonchev–Trinajstić information content (AvgIpc) is 2.71. The van der Waals surface area contributed by atoms with Gasteiger partial charge in [0, 0.05) is 17.1 Å². The van der Waals surface area contributed by atoms with Crippen LogP contribution in [0.5, 0.6) is 5.75 Å². The first-order chi connectivity index (χ1) is 14.4. The van der Waals surface area contributed by atoms with Crippen molar-refractivity contribution in [3.05, 3.63) is 23.2 Å². The van der Waals surface area contributed by atoms with Crippen LogP contribution in [0, 0.1) is 0 Å². The molecule has 3 rings (SSSR count). The molecule has 0 spiro atoms. The highest BCUT2D eigenvalue weighted by Gasteiger charge is 2.44. The molecule has 9 heteroatoms. The van der Waals surface area contributed by atoms with Gasteiger partial charge in [0.25, 0.3) is 0 Å². The minimum Gasteiger partial charge on any atom is -0.495 e. The summed E-state index contributed by atoms with van der Waals surface area (Å²) in [6, 6.07) is 4.17. The minimum atomic E-state index is -0.751. The lowest BCUT2D eigenvalue weighted by atomic mass is 9.85. The Kier molecular flexibility index (Phi) is 7.55. The second kappa shape index (κ2) is 10.1. The normalized spacial score (nSPS) is 23.8. The molecule has 1 aliphatic carbocycles. The summed E-state index contributed by atoms with van der Waals surface area (Å²) in [5.74, 6) is -0.524. The lowest BCUT2D eigenvalue weighted by molar-refractivity contribution is -0.151. The summed E-state index contributed by atoms with van der Waals surface area (Å²) in [7, 11) is 1.50. The fourth-order valence-electron chi connectivity index (χ4n) is 4.29. The zero-order valence-electron chi connectivity index (χ0n) is 17.3. The van der Waals surface area contributed by atoms with Gasteiger partial charge in [-0.05, 0) is 38.0 Å². The lowest BCUT2D eigenvalue weighted by Gasteiger charge is -2.47. The molecule has 2 aliphatic rings. The number of carbonyl (C=O) groups is 3. The van der Waals surface area contributed by atoms with E-state index in [1.807, 2.05) is 4.90 Å². The molecule has 2 N–H and O–H groups in total. The minimum absolute atomic E-state index is 0.00647. The average molecular weight is 438 g/mol. The van der Waals surface area contributed by atoms with Crippen LogP contribution in [0.2, 0.25) is 5.02 Å². The van der Waals surface area contributed by atoms with E-state index in [-0.39, 0.29) is 43.5 Å². The Bertz CT molecular complexity index is 803. The predicted molar refractivity (Wildman–Crippen MR) is 113 cm³/mol. The zero-order chi connectivity index (χ0) is 21.7. The van der Waals surface area contributed by atoms with Crippen LogP contribution < -0.4 is 15.4 Å². The van der Waals surface area contributed by atoms with E-state index in [0.29, 0.717) is 16.5 Å². The molecule has 3 unspecified atom stereocenters. The highest BCUT2D eigenvalue weighted by atomic mass is 35.5. The molecule has 164 valence electrons. The molecular formula is C21H28ClN3O5. The largest absolute Gasteiger partial charge is 0.495 e. The predicted octanol–water partition coefficient (Wildman–Crippen LogP) is 2.35. The van der Waals surface area contributed by atoms with Gasteiger partial charge >= 0.3 is 5.97 Å². The van der Waals surface area contributed by atoms with E-state index in [0.717, 1.165) is 25.7 Å². The van der Waals surface area contributed by atoms with E-state index in [9.17, 15) is 14.4 Å². The standard InChI is InChI=1S/C21H28ClN3O5/c1-3-30-20(27)12-25-16-7-5-4-6-14(16)24-21(28)17(25)11-19(26)23-15-10-13(22)8-9-18(15)29-2/h8-10,14,16-17H,3-7,11-12H2,1-2H3,(H,23,26)(H,24,28). The van der Waals surface area contributed by atoms with Gasteiger partial charge < -0.3 is 20.1 Å². The third kappa shape index (κ3) is 5.23. The van der Waals surface area contributed by atoms with Crippen molar-refractivity contribution in [1.29, 1.82) is 0 Å². The fourth-order valence-corrected chi connectivity index (χ4v) is 4.46. The number of esters is 1. The van der Waals surface area contributed by atoms with Crippen molar-refractivity contribution in [3.63, 3.8) is 0 Å². The van der Waals surface area contributed by atoms with Crippen molar-refractivity contribution in [3.8, 4) is 5.75 Å². The molecule has 2 amide bonds. The first-order valence-corrected chi connectivity index (χ1v) is 10.7. The second-order valence-corrected chi connectivity index (χ2v) is 7.99. The van der Waals surface area contributed by atoms with Crippen LogP contribution >= 0.6 is 11.6 Å². The van der Waals surface area contributed by atoms with E-state index in [1.165, 1.54) is 7.11 Å². The molecule has 8 nitrogen and oxygen atoms in total. The maximum absolute atomic E-state index is 12.8. The van der Waals surface area contributed by atoms with Crippen LogP contribution in [0.4, 0.5) is 5.69 Å². The van der Waals surface area contributed by atoms with E-state index in [1.54, 1.807) is 25.1 Å². The first-order valence-electron chi connectivity index (χ1n) is 10.3. The molecule has 0 radical (unpaired) electrons. The molecule has 3 atom stereocenters. The highest BCUT2D eigenvalue weighted by Crippen LogP contribution is 2.31. The maximum Gasteiger partial charge on any atom is 0.320 e. The summed E-state index contributed by atoms with van der Waals surface area (Å²) in [4.78, 5) is 39.7. The monoisotopic (exact) mass is 437 g/mol. The van der Waals surface area contributed by atoms with Crippen molar-refractivity contribution in [2.45, 2.75) is 57.2 Å². The molecule has 0 aromatic heterocycles. The smallest absolute Gasteiger partial charge is 0.320 e. The van der Waals surface area contributed by atoms with Crippen molar-refractivity contribution in [1.82, 2.24) is 10.2 Å². The number of nitrogens with zero attached hydrogens (tertiary/aromatic N) is 1. The molecule has 1 saturated heterocycles. The molecule has 1 heterocycles. The van der Waals surface area contributed by atoms with E-state index >= 15 is 0 Å². The summed E-state index contributed by atoms with van der Waals surface area (Å²) in [6.45, 7) is 2.00. The Morgan fingerprint density at radius 3 is 2.80 bits per heavy atom. The summed E-state index contributed by atoms with van der Waals surface area (Å²) < 4.78 is 10.4. The summed E-state index contributed by atoms with van der Waals surface area (Å²) >= 11 is 6.03. The van der Waals surface area contributed by atoms with Crippen molar-refractivity contribution < 1.29 is 23.9 Å². The topological polar surface area (TPSA) is 97.0 Å². The molecule has 2 fully saturated rings. The van der Waals surface area contributed by atoms with Gasteiger partial charge in [-0.1, -0.05) is 24.4 Å². The number of hydrogen-bond donors (Lipinski definition) is 2. The maximum atomic E-state index is 12.8. The molecule has 1 aliphatic heterocycles. The summed E-state index contributed by atoms with van der Waals surface area (Å²) in [5, 5.41) is 6.27. The van der Waals surface area contributed by atoms with Gasteiger partial charge in [-0.3, -0.25) is 19.3 Å². The molecular weight excluding hydrogens is 410 g/mol. The Morgan fingerprint density at radius 2 is 2.07 bits per heavy atom. The van der Waals surface area contributed by atoms with Crippen molar-refractivity contribution in [2.75, 3.05) is 25.6 Å². The second-order valence-electron chi connectivity index (χ2n) is 7.56. The quantitative estimate of drug-likeness (QED) is 0.635. The van der Waals surface area contributed by atoms with Crippen LogP contribution in [0.1, 0.15) is 39.0 Å². The van der Waals surface area contributed by atoms with Crippen LogP contribution in [-0.2, 0) is 19.1 Å². The number of piperazine rings is 1.